The van der Waals surface area contributed by atoms with E-state index in [2.05, 4.69) is 5.32 Å². The van der Waals surface area contributed by atoms with E-state index in [1.165, 1.54) is 31.2 Å². The summed E-state index contributed by atoms with van der Waals surface area (Å²) in [5.74, 6) is -1.77. The molecule has 0 bridgehead atoms. The summed E-state index contributed by atoms with van der Waals surface area (Å²) in [7, 11) is 0. The van der Waals surface area contributed by atoms with Crippen LogP contribution in [0.25, 0.3) is 0 Å². The number of carbonyl (C=O) groups is 2. The molecule has 3 rings (SSSR count). The van der Waals surface area contributed by atoms with Gasteiger partial charge in [0.15, 0.2) is 5.11 Å². The first-order chi connectivity index (χ1) is 13.3. The number of nitrogens with one attached hydrogen (secondary N) is 1. The maximum Gasteiger partial charge on any atom is 0.335 e. The molecule has 1 heterocycles. The second-order valence-corrected chi connectivity index (χ2v) is 6.46. The van der Waals surface area contributed by atoms with Crippen LogP contribution in [0.4, 0.5) is 5.69 Å². The molecule has 142 valence electrons. The molecule has 1 aliphatic rings. The van der Waals surface area contributed by atoms with Crippen molar-refractivity contribution in [2.45, 2.75) is 13.0 Å². The molecule has 0 radical (unpaired) electrons. The molecule has 2 N–H and O–H groups in total. The molecule has 0 fully saturated rings. The standard InChI is InChI=1S/C19H15N3O5S/c1-11-15(18(24)25)16(13-8-5-9-14(10-13)22(26)27)21(19(28)20-11)17(23)12-6-3-2-4-7-12/h2-10,16H,1H3,(H,20,28)(H,24,25). The number of thiocarbonyl (C=S) groups is 1. The van der Waals surface area contributed by atoms with Gasteiger partial charge < -0.3 is 10.4 Å². The van der Waals surface area contributed by atoms with Crippen molar-refractivity contribution in [1.29, 1.82) is 0 Å². The minimum Gasteiger partial charge on any atom is -0.478 e. The smallest absolute Gasteiger partial charge is 0.335 e. The summed E-state index contributed by atoms with van der Waals surface area (Å²) >= 11 is 5.31. The molecule has 2 aromatic carbocycles. The first-order valence-electron chi connectivity index (χ1n) is 8.19. The Labute approximate surface area is 165 Å². The molecular weight excluding hydrogens is 382 g/mol. The summed E-state index contributed by atoms with van der Waals surface area (Å²) in [6, 6.07) is 12.7. The van der Waals surface area contributed by atoms with Crippen LogP contribution in [-0.4, -0.2) is 31.9 Å². The second kappa shape index (κ2) is 7.57. The van der Waals surface area contributed by atoms with Gasteiger partial charge in [0.05, 0.1) is 16.5 Å². The molecule has 0 aromatic heterocycles. The molecule has 0 saturated heterocycles. The Morgan fingerprint density at radius 1 is 1.18 bits per heavy atom. The zero-order valence-corrected chi connectivity index (χ0v) is 15.5. The minimum absolute atomic E-state index is 0.0212. The molecule has 1 unspecified atom stereocenters. The third-order valence-corrected chi connectivity index (χ3v) is 4.61. The minimum atomic E-state index is -1.25. The van der Waals surface area contributed by atoms with Crippen molar-refractivity contribution in [1.82, 2.24) is 10.2 Å². The Morgan fingerprint density at radius 2 is 1.86 bits per heavy atom. The van der Waals surface area contributed by atoms with Crippen molar-refractivity contribution in [3.63, 3.8) is 0 Å². The van der Waals surface area contributed by atoms with E-state index in [4.69, 9.17) is 12.2 Å². The van der Waals surface area contributed by atoms with Gasteiger partial charge in [0.1, 0.15) is 0 Å². The van der Waals surface area contributed by atoms with Crippen LogP contribution < -0.4 is 5.32 Å². The molecule has 0 saturated carbocycles. The van der Waals surface area contributed by atoms with Crippen LogP contribution in [0.5, 0.6) is 0 Å². The van der Waals surface area contributed by atoms with Crippen molar-refractivity contribution in [2.24, 2.45) is 0 Å². The molecule has 2 aromatic rings. The number of benzene rings is 2. The van der Waals surface area contributed by atoms with Crippen LogP contribution in [0.2, 0.25) is 0 Å². The highest BCUT2D eigenvalue weighted by Crippen LogP contribution is 2.36. The highest BCUT2D eigenvalue weighted by atomic mass is 32.1. The van der Waals surface area contributed by atoms with Gasteiger partial charge in [-0.2, -0.15) is 0 Å². The summed E-state index contributed by atoms with van der Waals surface area (Å²) < 4.78 is 0. The number of amides is 1. The molecule has 1 aliphatic heterocycles. The van der Waals surface area contributed by atoms with Crippen LogP contribution >= 0.6 is 12.2 Å². The summed E-state index contributed by atoms with van der Waals surface area (Å²) in [6.45, 7) is 1.53. The van der Waals surface area contributed by atoms with E-state index in [0.717, 1.165) is 4.90 Å². The van der Waals surface area contributed by atoms with E-state index in [-0.39, 0.29) is 27.6 Å². The maximum absolute atomic E-state index is 13.1. The third-order valence-electron chi connectivity index (χ3n) is 4.32. The Hall–Kier alpha value is -3.59. The molecule has 1 amide bonds. The molecule has 8 nitrogen and oxygen atoms in total. The number of nitro groups is 1. The second-order valence-electron chi connectivity index (χ2n) is 6.07. The summed E-state index contributed by atoms with van der Waals surface area (Å²) in [6.07, 6.45) is 0. The van der Waals surface area contributed by atoms with Gasteiger partial charge in [-0.3, -0.25) is 19.8 Å². The van der Waals surface area contributed by atoms with Crippen molar-refractivity contribution in [2.75, 3.05) is 0 Å². The Balaban J connectivity index is 2.20. The number of carboxylic acids is 1. The molecule has 28 heavy (non-hydrogen) atoms. The largest absolute Gasteiger partial charge is 0.478 e. The molecule has 0 spiro atoms. The fourth-order valence-electron chi connectivity index (χ4n) is 3.07. The van der Waals surface area contributed by atoms with Gasteiger partial charge in [-0.05, 0) is 36.8 Å². The SMILES string of the molecule is CC1=C(C(=O)O)C(c2cccc([N+](=O)[O-])c2)N(C(=O)c2ccccc2)C(=S)N1. The molecule has 1 atom stereocenters. The van der Waals surface area contributed by atoms with Crippen molar-refractivity contribution < 1.29 is 19.6 Å². The van der Waals surface area contributed by atoms with E-state index in [9.17, 15) is 24.8 Å². The number of rotatable bonds is 4. The lowest BCUT2D eigenvalue weighted by molar-refractivity contribution is -0.384. The van der Waals surface area contributed by atoms with E-state index in [1.54, 1.807) is 30.3 Å². The van der Waals surface area contributed by atoms with Gasteiger partial charge in [-0.25, -0.2) is 4.79 Å². The highest BCUT2D eigenvalue weighted by molar-refractivity contribution is 7.80. The van der Waals surface area contributed by atoms with Crippen LogP contribution in [0.1, 0.15) is 28.9 Å². The first-order valence-corrected chi connectivity index (χ1v) is 8.60. The average molecular weight is 397 g/mol. The van der Waals surface area contributed by atoms with Crippen molar-refractivity contribution >= 4 is 34.9 Å². The number of nitrogens with zero attached hydrogens (tertiary/aromatic N) is 2. The number of non-ortho nitro benzene ring substituents is 1. The van der Waals surface area contributed by atoms with Gasteiger partial charge in [-0.1, -0.05) is 30.3 Å². The fraction of sp³-hybridized carbons (Fsp3) is 0.105. The summed E-state index contributed by atoms with van der Waals surface area (Å²) in [5, 5.41) is 23.7. The summed E-state index contributed by atoms with van der Waals surface area (Å²) in [5.41, 5.74) is 0.534. The van der Waals surface area contributed by atoms with Gasteiger partial charge in [0.2, 0.25) is 0 Å². The number of nitro benzene ring substituents is 1. The number of allylic oxidation sites excluding steroid dienone is 1. The monoisotopic (exact) mass is 397 g/mol. The maximum atomic E-state index is 13.1. The van der Waals surface area contributed by atoms with Crippen molar-refractivity contribution in [3.8, 4) is 0 Å². The molecular formula is C19H15N3O5S. The Morgan fingerprint density at radius 3 is 2.46 bits per heavy atom. The quantitative estimate of drug-likeness (QED) is 0.463. The number of hydrogen-bond donors (Lipinski definition) is 2. The fourth-order valence-corrected chi connectivity index (χ4v) is 3.41. The predicted molar refractivity (Wildman–Crippen MR) is 105 cm³/mol. The Bertz CT molecular complexity index is 1020. The van der Waals surface area contributed by atoms with Gasteiger partial charge in [-0.15, -0.1) is 0 Å². The highest BCUT2D eigenvalue weighted by Gasteiger charge is 2.40. The number of aliphatic carboxylic acids is 1. The lowest BCUT2D eigenvalue weighted by Crippen LogP contribution is -2.51. The van der Waals surface area contributed by atoms with Crippen molar-refractivity contribution in [3.05, 3.63) is 87.1 Å². The average Bonchev–Trinajstić information content (AvgIpc) is 2.67. The zero-order valence-electron chi connectivity index (χ0n) is 14.7. The van der Waals surface area contributed by atoms with E-state index in [0.29, 0.717) is 5.56 Å². The number of carboxylic acid groups (broad SMARTS) is 1. The third kappa shape index (κ3) is 3.47. The van der Waals surface area contributed by atoms with E-state index < -0.39 is 22.8 Å². The number of hydrogen-bond acceptors (Lipinski definition) is 5. The van der Waals surface area contributed by atoms with E-state index >= 15 is 0 Å². The van der Waals surface area contributed by atoms with Crippen LogP contribution in [-0.2, 0) is 4.79 Å². The summed E-state index contributed by atoms with van der Waals surface area (Å²) in [4.78, 5) is 36.8. The van der Waals surface area contributed by atoms with Gasteiger partial charge >= 0.3 is 5.97 Å². The topological polar surface area (TPSA) is 113 Å². The van der Waals surface area contributed by atoms with Gasteiger partial charge in [0, 0.05) is 23.4 Å². The lowest BCUT2D eigenvalue weighted by Gasteiger charge is -2.37. The Kier molecular flexibility index (Phi) is 5.18. The molecule has 0 aliphatic carbocycles. The lowest BCUT2D eigenvalue weighted by atomic mass is 9.93. The predicted octanol–water partition coefficient (Wildman–Crippen LogP) is 3.03. The first kappa shape index (κ1) is 19.2. The molecule has 9 heteroatoms. The van der Waals surface area contributed by atoms with Crippen LogP contribution in [0, 0.1) is 10.1 Å². The van der Waals surface area contributed by atoms with Gasteiger partial charge in [0.25, 0.3) is 11.6 Å². The van der Waals surface area contributed by atoms with Crippen LogP contribution in [0.15, 0.2) is 65.9 Å². The zero-order chi connectivity index (χ0) is 20.4. The number of carbonyl (C=O) groups excluding carboxylic acids is 1. The normalized spacial score (nSPS) is 16.5. The van der Waals surface area contributed by atoms with Crippen LogP contribution in [0.3, 0.4) is 0 Å². The van der Waals surface area contributed by atoms with E-state index in [1.807, 2.05) is 0 Å².